The standard InChI is InChI=1S/C10H17N3O5/c1-2-18-10(17)3-7(14)4-13(5-8(11)15)6-9(12)16/h2-6H2,1H3,(H2,11,15)(H2,12,16). The molecule has 0 saturated heterocycles. The summed E-state index contributed by atoms with van der Waals surface area (Å²) in [6, 6.07) is 0. The zero-order valence-electron chi connectivity index (χ0n) is 10.2. The van der Waals surface area contributed by atoms with Crippen LogP contribution in [0.5, 0.6) is 0 Å². The Morgan fingerprint density at radius 2 is 1.50 bits per heavy atom. The molecular formula is C10H17N3O5. The van der Waals surface area contributed by atoms with Crippen molar-refractivity contribution in [1.29, 1.82) is 0 Å². The van der Waals surface area contributed by atoms with Gasteiger partial charge in [0.2, 0.25) is 11.8 Å². The van der Waals surface area contributed by atoms with Crippen LogP contribution in [0.2, 0.25) is 0 Å². The Balaban J connectivity index is 4.29. The molecule has 4 N–H and O–H groups in total. The molecule has 0 aromatic carbocycles. The fraction of sp³-hybridized carbons (Fsp3) is 0.600. The lowest BCUT2D eigenvalue weighted by Crippen LogP contribution is -2.42. The first-order chi connectivity index (χ1) is 8.35. The maximum Gasteiger partial charge on any atom is 0.313 e. The van der Waals surface area contributed by atoms with Crippen LogP contribution in [0.15, 0.2) is 0 Å². The lowest BCUT2D eigenvalue weighted by molar-refractivity contribution is -0.145. The third-order valence-corrected chi connectivity index (χ3v) is 1.81. The van der Waals surface area contributed by atoms with Gasteiger partial charge in [0, 0.05) is 0 Å². The van der Waals surface area contributed by atoms with Gasteiger partial charge in [-0.3, -0.25) is 24.1 Å². The summed E-state index contributed by atoms with van der Waals surface area (Å²) in [4.78, 5) is 45.1. The molecule has 0 atom stereocenters. The monoisotopic (exact) mass is 259 g/mol. The normalized spacial score (nSPS) is 10.1. The van der Waals surface area contributed by atoms with Crippen molar-refractivity contribution in [3.05, 3.63) is 0 Å². The zero-order valence-corrected chi connectivity index (χ0v) is 10.2. The van der Waals surface area contributed by atoms with Crippen LogP contribution in [-0.4, -0.2) is 54.7 Å². The van der Waals surface area contributed by atoms with Gasteiger partial charge < -0.3 is 16.2 Å². The molecule has 0 unspecified atom stereocenters. The van der Waals surface area contributed by atoms with Crippen molar-refractivity contribution in [2.24, 2.45) is 11.5 Å². The number of amides is 2. The Bertz CT molecular complexity index is 326. The Morgan fingerprint density at radius 3 is 1.89 bits per heavy atom. The second-order valence-electron chi connectivity index (χ2n) is 3.60. The van der Waals surface area contributed by atoms with Crippen LogP contribution in [0.25, 0.3) is 0 Å². The largest absolute Gasteiger partial charge is 0.466 e. The highest BCUT2D eigenvalue weighted by molar-refractivity contribution is 5.97. The minimum absolute atomic E-state index is 0.179. The first-order valence-corrected chi connectivity index (χ1v) is 5.31. The molecule has 0 spiro atoms. The van der Waals surface area contributed by atoms with E-state index in [1.807, 2.05) is 0 Å². The van der Waals surface area contributed by atoms with E-state index in [1.165, 1.54) is 4.90 Å². The number of Topliss-reactive ketones (excluding diaryl/α,β-unsaturated/α-hetero) is 1. The van der Waals surface area contributed by atoms with Crippen LogP contribution in [-0.2, 0) is 23.9 Å². The van der Waals surface area contributed by atoms with Crippen molar-refractivity contribution < 1.29 is 23.9 Å². The predicted octanol–water partition coefficient (Wildman–Crippen LogP) is -2.22. The first kappa shape index (κ1) is 16.0. The first-order valence-electron chi connectivity index (χ1n) is 5.31. The summed E-state index contributed by atoms with van der Waals surface area (Å²) in [5.74, 6) is -2.52. The van der Waals surface area contributed by atoms with Crippen molar-refractivity contribution in [2.45, 2.75) is 13.3 Å². The SMILES string of the molecule is CCOC(=O)CC(=O)CN(CC(N)=O)CC(N)=O. The number of esters is 1. The van der Waals surface area contributed by atoms with E-state index < -0.39 is 30.0 Å². The molecule has 0 aliphatic rings. The fourth-order valence-corrected chi connectivity index (χ4v) is 1.29. The van der Waals surface area contributed by atoms with Gasteiger partial charge in [0.25, 0.3) is 0 Å². The number of ether oxygens (including phenoxy) is 1. The number of rotatable bonds is 9. The molecular weight excluding hydrogens is 242 g/mol. The summed E-state index contributed by atoms with van der Waals surface area (Å²) in [5, 5.41) is 0. The molecule has 0 bridgehead atoms. The van der Waals surface area contributed by atoms with Crippen LogP contribution < -0.4 is 11.5 Å². The maximum absolute atomic E-state index is 11.5. The highest BCUT2D eigenvalue weighted by atomic mass is 16.5. The number of ketones is 1. The number of carbonyl (C=O) groups excluding carboxylic acids is 4. The van der Waals surface area contributed by atoms with E-state index in [0.717, 1.165) is 0 Å². The van der Waals surface area contributed by atoms with Gasteiger partial charge in [-0.2, -0.15) is 0 Å². The summed E-state index contributed by atoms with van der Waals surface area (Å²) < 4.78 is 4.59. The molecule has 102 valence electrons. The summed E-state index contributed by atoms with van der Waals surface area (Å²) in [6.07, 6.45) is -0.415. The molecule has 18 heavy (non-hydrogen) atoms. The maximum atomic E-state index is 11.5. The molecule has 0 aliphatic heterocycles. The van der Waals surface area contributed by atoms with E-state index in [9.17, 15) is 19.2 Å². The molecule has 8 nitrogen and oxygen atoms in total. The summed E-state index contributed by atoms with van der Waals surface area (Å²) >= 11 is 0. The van der Waals surface area contributed by atoms with Crippen LogP contribution >= 0.6 is 0 Å². The molecule has 0 fully saturated rings. The third kappa shape index (κ3) is 8.22. The Hall–Kier alpha value is -1.96. The average molecular weight is 259 g/mol. The van der Waals surface area contributed by atoms with E-state index in [-0.39, 0.29) is 26.2 Å². The van der Waals surface area contributed by atoms with Crippen molar-refractivity contribution in [3.8, 4) is 0 Å². The van der Waals surface area contributed by atoms with Gasteiger partial charge in [-0.15, -0.1) is 0 Å². The van der Waals surface area contributed by atoms with Gasteiger partial charge >= 0.3 is 5.97 Å². The average Bonchev–Trinajstić information content (AvgIpc) is 2.14. The van der Waals surface area contributed by atoms with E-state index in [1.54, 1.807) is 6.92 Å². The highest BCUT2D eigenvalue weighted by Gasteiger charge is 2.17. The molecule has 0 aliphatic carbocycles. The molecule has 0 saturated carbocycles. The molecule has 0 heterocycles. The third-order valence-electron chi connectivity index (χ3n) is 1.81. The minimum Gasteiger partial charge on any atom is -0.466 e. The number of carbonyl (C=O) groups is 4. The number of hydrogen-bond donors (Lipinski definition) is 2. The minimum atomic E-state index is -0.694. The van der Waals surface area contributed by atoms with Crippen LogP contribution in [0, 0.1) is 0 Å². The van der Waals surface area contributed by atoms with Gasteiger partial charge in [-0.05, 0) is 6.92 Å². The van der Waals surface area contributed by atoms with E-state index in [2.05, 4.69) is 4.74 Å². The topological polar surface area (TPSA) is 133 Å². The van der Waals surface area contributed by atoms with E-state index in [4.69, 9.17) is 11.5 Å². The molecule has 2 amide bonds. The molecule has 0 aromatic heterocycles. The van der Waals surface area contributed by atoms with E-state index >= 15 is 0 Å². The highest BCUT2D eigenvalue weighted by Crippen LogP contribution is 1.94. The summed E-state index contributed by atoms with van der Waals surface area (Å²) in [5.41, 5.74) is 9.92. The Kier molecular flexibility index (Phi) is 7.29. The van der Waals surface area contributed by atoms with Gasteiger partial charge in [-0.25, -0.2) is 0 Å². The van der Waals surface area contributed by atoms with Crippen LogP contribution in [0.1, 0.15) is 13.3 Å². The summed E-state index contributed by atoms with van der Waals surface area (Å²) in [7, 11) is 0. The van der Waals surface area contributed by atoms with Crippen molar-refractivity contribution in [2.75, 3.05) is 26.2 Å². The Morgan fingerprint density at radius 1 is 1.00 bits per heavy atom. The van der Waals surface area contributed by atoms with Crippen molar-refractivity contribution in [1.82, 2.24) is 4.90 Å². The smallest absolute Gasteiger partial charge is 0.313 e. The Labute approximate surface area is 104 Å². The fourth-order valence-electron chi connectivity index (χ4n) is 1.29. The van der Waals surface area contributed by atoms with Gasteiger partial charge in [0.15, 0.2) is 5.78 Å². The van der Waals surface area contributed by atoms with Gasteiger partial charge in [0.05, 0.1) is 26.2 Å². The van der Waals surface area contributed by atoms with Gasteiger partial charge in [-0.1, -0.05) is 0 Å². The lowest BCUT2D eigenvalue weighted by Gasteiger charge is -2.17. The number of nitrogens with zero attached hydrogens (tertiary/aromatic N) is 1. The van der Waals surface area contributed by atoms with E-state index in [0.29, 0.717) is 0 Å². The second-order valence-corrected chi connectivity index (χ2v) is 3.60. The quantitative estimate of drug-likeness (QED) is 0.356. The van der Waals surface area contributed by atoms with Gasteiger partial charge in [0.1, 0.15) is 6.42 Å². The zero-order chi connectivity index (χ0) is 14.1. The molecule has 0 radical (unpaired) electrons. The molecule has 0 rings (SSSR count). The lowest BCUT2D eigenvalue weighted by atomic mass is 10.2. The molecule has 0 aromatic rings. The van der Waals surface area contributed by atoms with Crippen molar-refractivity contribution in [3.63, 3.8) is 0 Å². The number of primary amides is 2. The van der Waals surface area contributed by atoms with Crippen LogP contribution in [0.4, 0.5) is 0 Å². The number of hydrogen-bond acceptors (Lipinski definition) is 6. The predicted molar refractivity (Wildman–Crippen MR) is 61.1 cm³/mol. The van der Waals surface area contributed by atoms with Crippen LogP contribution in [0.3, 0.4) is 0 Å². The van der Waals surface area contributed by atoms with Crippen molar-refractivity contribution >= 4 is 23.6 Å². The summed E-state index contributed by atoms with van der Waals surface area (Å²) in [6.45, 7) is 0.979. The molecule has 8 heteroatoms. The number of nitrogens with two attached hydrogens (primary N) is 2. The second kappa shape index (κ2) is 8.18.